The molecule has 1 aliphatic heterocycles. The summed E-state index contributed by atoms with van der Waals surface area (Å²) in [6.07, 6.45) is 8.90. The highest BCUT2D eigenvalue weighted by atomic mass is 16.2. The summed E-state index contributed by atoms with van der Waals surface area (Å²) in [7, 11) is 0. The molecule has 9 nitrogen and oxygen atoms in total. The maximum absolute atomic E-state index is 13.0. The molecule has 3 aromatic rings. The van der Waals surface area contributed by atoms with Crippen LogP contribution in [0.25, 0.3) is 5.65 Å². The summed E-state index contributed by atoms with van der Waals surface area (Å²) in [4.78, 5) is 32.4. The standard InChI is InChI=1S/C20H26N8O/c1-3-25(4-2)14-16-12-23-18-17(13-24-28(18)15-16)19(29)26-8-10-27(11-9-26)20-21-6-5-7-22-20/h5-7,12-13,15H,3-4,8-11,14H2,1-2H3. The van der Waals surface area contributed by atoms with Crippen LogP contribution in [0.5, 0.6) is 0 Å². The van der Waals surface area contributed by atoms with Crippen LogP contribution in [0.2, 0.25) is 0 Å². The van der Waals surface area contributed by atoms with Crippen LogP contribution in [-0.4, -0.2) is 79.5 Å². The van der Waals surface area contributed by atoms with E-state index in [1.54, 1.807) is 29.2 Å². The van der Waals surface area contributed by atoms with Gasteiger partial charge in [-0.1, -0.05) is 13.8 Å². The van der Waals surface area contributed by atoms with E-state index >= 15 is 0 Å². The van der Waals surface area contributed by atoms with E-state index < -0.39 is 0 Å². The van der Waals surface area contributed by atoms with Crippen LogP contribution in [0.4, 0.5) is 5.95 Å². The lowest BCUT2D eigenvalue weighted by atomic mass is 10.2. The highest BCUT2D eigenvalue weighted by molar-refractivity contribution is 5.99. The molecule has 0 N–H and O–H groups in total. The van der Waals surface area contributed by atoms with Gasteiger partial charge in [-0.3, -0.25) is 9.69 Å². The minimum atomic E-state index is -0.0300. The minimum Gasteiger partial charge on any atom is -0.337 e. The number of anilines is 1. The Morgan fingerprint density at radius 1 is 1.03 bits per heavy atom. The van der Waals surface area contributed by atoms with E-state index in [2.05, 4.69) is 43.7 Å². The van der Waals surface area contributed by atoms with Gasteiger partial charge in [0.05, 0.1) is 6.20 Å². The summed E-state index contributed by atoms with van der Waals surface area (Å²) in [5.74, 6) is 0.676. The van der Waals surface area contributed by atoms with Crippen molar-refractivity contribution >= 4 is 17.5 Å². The van der Waals surface area contributed by atoms with Crippen LogP contribution < -0.4 is 4.90 Å². The molecule has 0 aliphatic carbocycles. The summed E-state index contributed by atoms with van der Waals surface area (Å²) in [5.41, 5.74) is 2.23. The van der Waals surface area contributed by atoms with Gasteiger partial charge < -0.3 is 9.80 Å². The predicted octanol–water partition coefficient (Wildman–Crippen LogP) is 1.32. The maximum atomic E-state index is 13.0. The van der Waals surface area contributed by atoms with Crippen molar-refractivity contribution in [2.45, 2.75) is 20.4 Å². The number of amides is 1. The number of carbonyl (C=O) groups excluding carboxylic acids is 1. The minimum absolute atomic E-state index is 0.0300. The van der Waals surface area contributed by atoms with Gasteiger partial charge in [0.15, 0.2) is 5.65 Å². The van der Waals surface area contributed by atoms with E-state index in [1.165, 1.54) is 0 Å². The molecule has 3 aromatic heterocycles. The second-order valence-corrected chi connectivity index (χ2v) is 7.08. The second kappa shape index (κ2) is 8.52. The normalized spacial score (nSPS) is 14.7. The number of hydrogen-bond donors (Lipinski definition) is 0. The van der Waals surface area contributed by atoms with Crippen molar-refractivity contribution < 1.29 is 4.79 Å². The Balaban J connectivity index is 1.45. The van der Waals surface area contributed by atoms with E-state index in [-0.39, 0.29) is 5.91 Å². The Hall–Kier alpha value is -3.07. The molecule has 1 aliphatic rings. The van der Waals surface area contributed by atoms with Crippen molar-refractivity contribution in [2.75, 3.05) is 44.2 Å². The molecular weight excluding hydrogens is 368 g/mol. The number of hydrogen-bond acceptors (Lipinski definition) is 7. The van der Waals surface area contributed by atoms with Gasteiger partial charge in [-0.15, -0.1) is 0 Å². The van der Waals surface area contributed by atoms with Crippen LogP contribution >= 0.6 is 0 Å². The van der Waals surface area contributed by atoms with Crippen LogP contribution in [0, 0.1) is 0 Å². The summed E-state index contributed by atoms with van der Waals surface area (Å²) in [6, 6.07) is 1.80. The fraction of sp³-hybridized carbons (Fsp3) is 0.450. The number of nitrogens with zero attached hydrogens (tertiary/aromatic N) is 8. The van der Waals surface area contributed by atoms with Gasteiger partial charge in [-0.2, -0.15) is 5.10 Å². The summed E-state index contributed by atoms with van der Waals surface area (Å²) >= 11 is 0. The third-order valence-electron chi connectivity index (χ3n) is 5.34. The van der Waals surface area contributed by atoms with Crippen LogP contribution in [-0.2, 0) is 6.54 Å². The van der Waals surface area contributed by atoms with E-state index in [0.717, 1.165) is 25.2 Å². The van der Waals surface area contributed by atoms with Gasteiger partial charge in [-0.05, 0) is 19.2 Å². The quantitative estimate of drug-likeness (QED) is 0.624. The highest BCUT2D eigenvalue weighted by Crippen LogP contribution is 2.16. The Labute approximate surface area is 170 Å². The Morgan fingerprint density at radius 3 is 2.45 bits per heavy atom. The molecule has 1 amide bonds. The number of carbonyl (C=O) groups is 1. The first-order valence-electron chi connectivity index (χ1n) is 10.1. The first kappa shape index (κ1) is 19.3. The molecule has 152 valence electrons. The molecule has 0 spiro atoms. The van der Waals surface area contributed by atoms with E-state index in [0.29, 0.717) is 43.3 Å². The van der Waals surface area contributed by atoms with Gasteiger partial charge in [0.25, 0.3) is 5.91 Å². The van der Waals surface area contributed by atoms with Crippen molar-refractivity contribution in [3.8, 4) is 0 Å². The molecular formula is C20H26N8O. The van der Waals surface area contributed by atoms with Crippen molar-refractivity contribution in [1.29, 1.82) is 0 Å². The molecule has 9 heteroatoms. The molecule has 4 heterocycles. The third kappa shape index (κ3) is 4.04. The third-order valence-corrected chi connectivity index (χ3v) is 5.34. The molecule has 0 unspecified atom stereocenters. The predicted molar refractivity (Wildman–Crippen MR) is 110 cm³/mol. The second-order valence-electron chi connectivity index (χ2n) is 7.08. The zero-order valence-electron chi connectivity index (χ0n) is 16.9. The molecule has 0 bridgehead atoms. The maximum Gasteiger partial charge on any atom is 0.259 e. The monoisotopic (exact) mass is 394 g/mol. The first-order valence-corrected chi connectivity index (χ1v) is 10.1. The van der Waals surface area contributed by atoms with E-state index in [1.807, 2.05) is 17.3 Å². The Kier molecular flexibility index (Phi) is 5.66. The summed E-state index contributed by atoms with van der Waals surface area (Å²) in [5, 5.41) is 4.37. The fourth-order valence-electron chi connectivity index (χ4n) is 3.59. The molecule has 0 radical (unpaired) electrons. The van der Waals surface area contributed by atoms with Gasteiger partial charge in [-0.25, -0.2) is 19.5 Å². The van der Waals surface area contributed by atoms with Gasteiger partial charge in [0.1, 0.15) is 5.56 Å². The lowest BCUT2D eigenvalue weighted by Gasteiger charge is -2.34. The van der Waals surface area contributed by atoms with Gasteiger partial charge in [0.2, 0.25) is 5.95 Å². The van der Waals surface area contributed by atoms with Gasteiger partial charge >= 0.3 is 0 Å². The molecule has 1 saturated heterocycles. The van der Waals surface area contributed by atoms with E-state index in [4.69, 9.17) is 0 Å². The molecule has 0 atom stereocenters. The highest BCUT2D eigenvalue weighted by Gasteiger charge is 2.26. The van der Waals surface area contributed by atoms with Crippen LogP contribution in [0.3, 0.4) is 0 Å². The van der Waals surface area contributed by atoms with E-state index in [9.17, 15) is 4.79 Å². The Morgan fingerprint density at radius 2 is 1.76 bits per heavy atom. The SMILES string of the molecule is CCN(CC)Cc1cnc2c(C(=O)N3CCN(c4ncccn4)CC3)cnn2c1. The summed E-state index contributed by atoms with van der Waals surface area (Å²) in [6.45, 7) is 9.72. The fourth-order valence-corrected chi connectivity index (χ4v) is 3.59. The van der Waals surface area contributed by atoms with Crippen molar-refractivity contribution in [3.63, 3.8) is 0 Å². The molecule has 29 heavy (non-hydrogen) atoms. The summed E-state index contributed by atoms with van der Waals surface area (Å²) < 4.78 is 1.71. The topological polar surface area (TPSA) is 82.8 Å². The number of piperazine rings is 1. The van der Waals surface area contributed by atoms with Crippen LogP contribution in [0.1, 0.15) is 29.8 Å². The zero-order valence-corrected chi connectivity index (χ0v) is 16.9. The molecule has 0 aromatic carbocycles. The van der Waals surface area contributed by atoms with Crippen LogP contribution in [0.15, 0.2) is 37.1 Å². The molecule has 4 rings (SSSR count). The van der Waals surface area contributed by atoms with Gasteiger partial charge in [0, 0.05) is 63.1 Å². The number of rotatable bonds is 6. The molecule has 1 fully saturated rings. The largest absolute Gasteiger partial charge is 0.337 e. The Bertz CT molecular complexity index is 961. The first-order chi connectivity index (χ1) is 14.2. The van der Waals surface area contributed by atoms with Crippen molar-refractivity contribution in [1.82, 2.24) is 34.4 Å². The zero-order chi connectivity index (χ0) is 20.2. The van der Waals surface area contributed by atoms with Crippen molar-refractivity contribution in [3.05, 3.63) is 48.2 Å². The average molecular weight is 394 g/mol. The number of aromatic nitrogens is 5. The average Bonchev–Trinajstić information content (AvgIpc) is 3.21. The molecule has 0 saturated carbocycles. The lowest BCUT2D eigenvalue weighted by molar-refractivity contribution is 0.0748. The smallest absolute Gasteiger partial charge is 0.259 e. The van der Waals surface area contributed by atoms with Crippen molar-refractivity contribution in [2.24, 2.45) is 0 Å². The number of fused-ring (bicyclic) bond motifs is 1. The lowest BCUT2D eigenvalue weighted by Crippen LogP contribution is -2.49.